The summed E-state index contributed by atoms with van der Waals surface area (Å²) in [6, 6.07) is 13.9. The molecule has 2 heterocycles. The van der Waals surface area contributed by atoms with Crippen molar-refractivity contribution >= 4 is 23.5 Å². The molecule has 14 heteroatoms. The Bertz CT molecular complexity index is 1690. The van der Waals surface area contributed by atoms with Gasteiger partial charge in [0.2, 0.25) is 11.7 Å². The molecule has 4 aromatic rings. The molecular formula is C34H37F3N6O5. The van der Waals surface area contributed by atoms with E-state index in [1.807, 2.05) is 0 Å². The third-order valence-electron chi connectivity index (χ3n) is 7.72. The fourth-order valence-electron chi connectivity index (χ4n) is 5.06. The Kier molecular flexibility index (Phi) is 11.5. The molecule has 5 rings (SSSR count). The van der Waals surface area contributed by atoms with Crippen molar-refractivity contribution in [3.05, 3.63) is 89.9 Å². The Morgan fingerprint density at radius 1 is 0.917 bits per heavy atom. The summed E-state index contributed by atoms with van der Waals surface area (Å²) in [7, 11) is 5.05. The predicted molar refractivity (Wildman–Crippen MR) is 174 cm³/mol. The summed E-state index contributed by atoms with van der Waals surface area (Å²) < 4.78 is 65.4. The number of anilines is 3. The Morgan fingerprint density at radius 2 is 1.67 bits per heavy atom. The molecular weight excluding hydrogens is 629 g/mol. The van der Waals surface area contributed by atoms with E-state index in [1.165, 1.54) is 38.6 Å². The van der Waals surface area contributed by atoms with E-state index in [4.69, 9.17) is 18.9 Å². The number of benzene rings is 3. The van der Waals surface area contributed by atoms with Crippen LogP contribution < -0.4 is 29.2 Å². The van der Waals surface area contributed by atoms with Gasteiger partial charge >= 0.3 is 6.09 Å². The number of methoxy groups -OCH3 is 2. The van der Waals surface area contributed by atoms with Crippen molar-refractivity contribution in [1.82, 2.24) is 19.8 Å². The number of nitrogens with zero attached hydrogens (tertiary/aromatic N) is 5. The van der Waals surface area contributed by atoms with E-state index in [-0.39, 0.29) is 24.1 Å². The molecule has 0 saturated carbocycles. The highest BCUT2D eigenvalue weighted by molar-refractivity contribution is 5.88. The lowest BCUT2D eigenvalue weighted by Crippen LogP contribution is -2.44. The minimum atomic E-state index is -1.13. The van der Waals surface area contributed by atoms with E-state index in [0.717, 1.165) is 62.2 Å². The molecule has 3 aromatic carbocycles. The first kappa shape index (κ1) is 34.3. The van der Waals surface area contributed by atoms with Gasteiger partial charge in [0.1, 0.15) is 17.3 Å². The van der Waals surface area contributed by atoms with Crippen LogP contribution in [-0.4, -0.2) is 86.5 Å². The minimum absolute atomic E-state index is 0.0138. The van der Waals surface area contributed by atoms with E-state index in [0.29, 0.717) is 29.4 Å². The third kappa shape index (κ3) is 8.83. The van der Waals surface area contributed by atoms with E-state index in [9.17, 15) is 18.0 Å². The van der Waals surface area contributed by atoms with Crippen LogP contribution in [0, 0.1) is 17.5 Å². The first-order chi connectivity index (χ1) is 23.2. The molecule has 1 fully saturated rings. The van der Waals surface area contributed by atoms with Crippen molar-refractivity contribution in [3.63, 3.8) is 0 Å². The van der Waals surface area contributed by atoms with E-state index < -0.39 is 29.3 Å². The molecule has 11 nitrogen and oxygen atoms in total. The average Bonchev–Trinajstić information content (AvgIpc) is 3.08. The zero-order valence-electron chi connectivity index (χ0n) is 26.9. The summed E-state index contributed by atoms with van der Waals surface area (Å²) in [6.45, 7) is 5.14. The van der Waals surface area contributed by atoms with Crippen LogP contribution in [0.15, 0.2) is 66.9 Å². The summed E-state index contributed by atoms with van der Waals surface area (Å²) in [5.74, 6) is -2.51. The summed E-state index contributed by atoms with van der Waals surface area (Å²) in [5, 5.41) is 2.92. The maximum absolute atomic E-state index is 15.0. The monoisotopic (exact) mass is 666 g/mol. The summed E-state index contributed by atoms with van der Waals surface area (Å²) in [4.78, 5) is 27.8. The Balaban J connectivity index is 1.31. The molecule has 1 aromatic heterocycles. The second-order valence-corrected chi connectivity index (χ2v) is 11.0. The normalized spacial score (nSPS) is 13.5. The van der Waals surface area contributed by atoms with Crippen LogP contribution in [0.5, 0.6) is 23.0 Å². The zero-order chi connectivity index (χ0) is 34.0. The minimum Gasteiger partial charge on any atom is -0.497 e. The standard InChI is InChI=1S/C34H37F3N6O5/c1-41-15-17-42(18-16-41)14-5-19-47-30-10-8-24(21-28(30)37)39-33-38-13-12-31(40-33)43(22-23-20-25(45-2)9-11-29(23)46-3)34(44)48-32-26(35)6-4-7-27(32)36/h4,6-13,20-21H,5,14-19,22H2,1-3H3,(H,38,39,40). The summed E-state index contributed by atoms with van der Waals surface area (Å²) >= 11 is 0. The number of carbonyl (C=O) groups excluding carboxylic acids is 1. The molecule has 254 valence electrons. The number of para-hydroxylation sites is 1. The van der Waals surface area contributed by atoms with Gasteiger partial charge in [-0.2, -0.15) is 4.98 Å². The van der Waals surface area contributed by atoms with Crippen LogP contribution in [-0.2, 0) is 6.54 Å². The number of hydrogen-bond donors (Lipinski definition) is 1. The van der Waals surface area contributed by atoms with Gasteiger partial charge in [-0.15, -0.1) is 0 Å². The van der Waals surface area contributed by atoms with E-state index >= 15 is 0 Å². The molecule has 0 unspecified atom stereocenters. The lowest BCUT2D eigenvalue weighted by Gasteiger charge is -2.32. The Labute approximate surface area is 276 Å². The van der Waals surface area contributed by atoms with Crippen LogP contribution in [0.2, 0.25) is 0 Å². The third-order valence-corrected chi connectivity index (χ3v) is 7.72. The average molecular weight is 667 g/mol. The maximum atomic E-state index is 15.0. The molecule has 0 atom stereocenters. The predicted octanol–water partition coefficient (Wildman–Crippen LogP) is 5.88. The first-order valence-electron chi connectivity index (χ1n) is 15.3. The van der Waals surface area contributed by atoms with Crippen LogP contribution in [0.25, 0.3) is 0 Å². The number of rotatable bonds is 13. The zero-order valence-corrected chi connectivity index (χ0v) is 26.9. The smallest absolute Gasteiger partial charge is 0.421 e. The van der Waals surface area contributed by atoms with Crippen LogP contribution >= 0.6 is 0 Å². The topological polar surface area (TPSA) is 102 Å². The second-order valence-electron chi connectivity index (χ2n) is 11.0. The number of hydrogen-bond acceptors (Lipinski definition) is 10. The van der Waals surface area contributed by atoms with Crippen LogP contribution in [0.3, 0.4) is 0 Å². The SMILES string of the molecule is COc1ccc(OC)c(CN(C(=O)Oc2c(F)cccc2F)c2ccnc(Nc3ccc(OCCCN4CCN(C)CC4)c(F)c3)n2)c1. The number of aromatic nitrogens is 2. The lowest BCUT2D eigenvalue weighted by molar-refractivity contribution is 0.145. The highest BCUT2D eigenvalue weighted by Crippen LogP contribution is 2.30. The Hall–Kier alpha value is -5.08. The molecule has 0 aliphatic carbocycles. The Morgan fingerprint density at radius 3 is 2.38 bits per heavy atom. The number of halogens is 3. The number of piperazine rings is 1. The molecule has 0 bridgehead atoms. The molecule has 1 N–H and O–H groups in total. The molecule has 0 radical (unpaired) electrons. The largest absolute Gasteiger partial charge is 0.497 e. The molecule has 1 saturated heterocycles. The number of ether oxygens (including phenoxy) is 4. The van der Waals surface area contributed by atoms with Crippen molar-refractivity contribution in [3.8, 4) is 23.0 Å². The number of amides is 1. The van der Waals surface area contributed by atoms with Gasteiger partial charge in [0.05, 0.1) is 27.4 Å². The molecule has 1 amide bonds. The number of carbonyl (C=O) groups is 1. The number of likely N-dealkylation sites (N-methyl/N-ethyl adjacent to an activating group) is 1. The van der Waals surface area contributed by atoms with E-state index in [1.54, 1.807) is 24.3 Å². The summed E-state index contributed by atoms with van der Waals surface area (Å²) in [6.07, 6.45) is 1.01. The fraction of sp³-hybridized carbons (Fsp3) is 0.324. The van der Waals surface area contributed by atoms with Gasteiger partial charge in [-0.1, -0.05) is 6.07 Å². The van der Waals surface area contributed by atoms with Gasteiger partial charge in [-0.05, 0) is 62.0 Å². The van der Waals surface area contributed by atoms with Crippen molar-refractivity contribution in [2.75, 3.05) is 70.8 Å². The van der Waals surface area contributed by atoms with Gasteiger partial charge in [0, 0.05) is 56.2 Å². The molecule has 1 aliphatic rings. The van der Waals surface area contributed by atoms with Crippen molar-refractivity contribution < 1.29 is 36.9 Å². The van der Waals surface area contributed by atoms with E-state index in [2.05, 4.69) is 32.1 Å². The fourth-order valence-corrected chi connectivity index (χ4v) is 5.06. The van der Waals surface area contributed by atoms with Crippen molar-refractivity contribution in [1.29, 1.82) is 0 Å². The molecule has 0 spiro atoms. The van der Waals surface area contributed by atoms with Gasteiger partial charge in [-0.3, -0.25) is 4.90 Å². The lowest BCUT2D eigenvalue weighted by atomic mass is 10.1. The highest BCUT2D eigenvalue weighted by atomic mass is 19.1. The van der Waals surface area contributed by atoms with Crippen molar-refractivity contribution in [2.24, 2.45) is 0 Å². The maximum Gasteiger partial charge on any atom is 0.421 e. The highest BCUT2D eigenvalue weighted by Gasteiger charge is 2.25. The summed E-state index contributed by atoms with van der Waals surface area (Å²) in [5.41, 5.74) is 0.809. The second kappa shape index (κ2) is 16.2. The quantitative estimate of drug-likeness (QED) is 0.174. The van der Waals surface area contributed by atoms with Crippen molar-refractivity contribution in [2.45, 2.75) is 13.0 Å². The van der Waals surface area contributed by atoms with Crippen LogP contribution in [0.1, 0.15) is 12.0 Å². The number of nitrogens with one attached hydrogen (secondary N) is 1. The molecule has 1 aliphatic heterocycles. The van der Waals surface area contributed by atoms with Gasteiger partial charge in [-0.25, -0.2) is 22.9 Å². The van der Waals surface area contributed by atoms with Gasteiger partial charge < -0.3 is 34.1 Å². The van der Waals surface area contributed by atoms with Gasteiger partial charge in [0.25, 0.3) is 0 Å². The first-order valence-corrected chi connectivity index (χ1v) is 15.3. The molecule has 48 heavy (non-hydrogen) atoms. The van der Waals surface area contributed by atoms with Gasteiger partial charge in [0.15, 0.2) is 23.2 Å². The van der Waals surface area contributed by atoms with Crippen LogP contribution in [0.4, 0.5) is 35.4 Å².